The van der Waals surface area contributed by atoms with Crippen molar-refractivity contribution >= 4 is 21.8 Å². The molecule has 0 aromatic heterocycles. The first-order valence-electron chi connectivity index (χ1n) is 6.73. The van der Waals surface area contributed by atoms with Crippen LogP contribution in [0.1, 0.15) is 11.1 Å². The Labute approximate surface area is 133 Å². The van der Waals surface area contributed by atoms with Gasteiger partial charge in [-0.15, -0.1) is 0 Å². The topological polar surface area (TPSA) is 29.5 Å². The summed E-state index contributed by atoms with van der Waals surface area (Å²) >= 11 is 3.37. The van der Waals surface area contributed by atoms with Gasteiger partial charge in [-0.3, -0.25) is 4.79 Å². The normalized spacial score (nSPS) is 10.2. The van der Waals surface area contributed by atoms with Gasteiger partial charge in [0, 0.05) is 18.1 Å². The van der Waals surface area contributed by atoms with Gasteiger partial charge in [0.25, 0.3) is 5.91 Å². The average molecular weight is 348 g/mol. The van der Waals surface area contributed by atoms with Crippen LogP contribution in [0, 0.1) is 6.92 Å². The van der Waals surface area contributed by atoms with Crippen LogP contribution >= 0.6 is 15.9 Å². The molecule has 1 amide bonds. The summed E-state index contributed by atoms with van der Waals surface area (Å²) in [7, 11) is 1.79. The quantitative estimate of drug-likeness (QED) is 0.823. The molecule has 0 aliphatic carbocycles. The molecule has 4 heteroatoms. The maximum Gasteiger partial charge on any atom is 0.260 e. The van der Waals surface area contributed by atoms with Crippen LogP contribution in [0.15, 0.2) is 53.0 Å². The number of rotatable bonds is 5. The van der Waals surface area contributed by atoms with Gasteiger partial charge in [-0.1, -0.05) is 46.3 Å². The number of aryl methyl sites for hydroxylation is 1. The number of benzene rings is 2. The molecule has 0 aliphatic rings. The highest BCUT2D eigenvalue weighted by Gasteiger charge is 2.11. The highest BCUT2D eigenvalue weighted by molar-refractivity contribution is 9.10. The molecule has 0 fully saturated rings. The molecule has 3 nitrogen and oxygen atoms in total. The van der Waals surface area contributed by atoms with Crippen LogP contribution in [0.3, 0.4) is 0 Å². The number of nitrogens with zero attached hydrogens (tertiary/aromatic N) is 1. The molecule has 0 radical (unpaired) electrons. The lowest BCUT2D eigenvalue weighted by molar-refractivity contribution is -0.132. The zero-order valence-electron chi connectivity index (χ0n) is 12.2. The van der Waals surface area contributed by atoms with Crippen LogP contribution in [0.2, 0.25) is 0 Å². The molecule has 0 saturated carbocycles. The second kappa shape index (κ2) is 7.27. The number of hydrogen-bond donors (Lipinski definition) is 0. The number of likely N-dealkylation sites (N-methyl/N-ethyl adjacent to an activating group) is 1. The zero-order valence-corrected chi connectivity index (χ0v) is 13.8. The van der Waals surface area contributed by atoms with E-state index in [0.29, 0.717) is 12.3 Å². The van der Waals surface area contributed by atoms with Gasteiger partial charge in [-0.2, -0.15) is 0 Å². The number of carbonyl (C=O) groups excluding carboxylic acids is 1. The Hall–Kier alpha value is -1.81. The van der Waals surface area contributed by atoms with E-state index in [0.717, 1.165) is 10.0 Å². The van der Waals surface area contributed by atoms with Gasteiger partial charge in [0.05, 0.1) is 0 Å². The van der Waals surface area contributed by atoms with Gasteiger partial charge in [-0.05, 0) is 36.2 Å². The summed E-state index contributed by atoms with van der Waals surface area (Å²) < 4.78 is 6.45. The molecular formula is C17H18BrNO2. The third-order valence-electron chi connectivity index (χ3n) is 3.25. The van der Waals surface area contributed by atoms with Crippen molar-refractivity contribution in [2.45, 2.75) is 13.5 Å². The minimum absolute atomic E-state index is 0.0405. The smallest absolute Gasteiger partial charge is 0.260 e. The van der Waals surface area contributed by atoms with Gasteiger partial charge < -0.3 is 9.64 Å². The van der Waals surface area contributed by atoms with Crippen LogP contribution in [0.25, 0.3) is 0 Å². The van der Waals surface area contributed by atoms with Gasteiger partial charge in [-0.25, -0.2) is 0 Å². The molecule has 0 bridgehead atoms. The maximum absolute atomic E-state index is 12.1. The van der Waals surface area contributed by atoms with Crippen molar-refractivity contribution in [3.05, 3.63) is 64.1 Å². The van der Waals surface area contributed by atoms with Crippen molar-refractivity contribution in [2.24, 2.45) is 0 Å². The van der Waals surface area contributed by atoms with E-state index in [1.54, 1.807) is 11.9 Å². The Morgan fingerprint density at radius 2 is 1.95 bits per heavy atom. The van der Waals surface area contributed by atoms with E-state index >= 15 is 0 Å². The number of hydrogen-bond acceptors (Lipinski definition) is 2. The lowest BCUT2D eigenvalue weighted by Gasteiger charge is -2.18. The molecule has 0 saturated heterocycles. The van der Waals surface area contributed by atoms with Crippen molar-refractivity contribution in [1.29, 1.82) is 0 Å². The summed E-state index contributed by atoms with van der Waals surface area (Å²) in [6.07, 6.45) is 0. The predicted octanol–water partition coefficient (Wildman–Crippen LogP) is 3.79. The number of ether oxygens (including phenoxy) is 1. The van der Waals surface area contributed by atoms with Gasteiger partial charge in [0.1, 0.15) is 5.75 Å². The van der Waals surface area contributed by atoms with Crippen LogP contribution in [-0.2, 0) is 11.3 Å². The van der Waals surface area contributed by atoms with E-state index in [9.17, 15) is 4.79 Å². The largest absolute Gasteiger partial charge is 0.484 e. The van der Waals surface area contributed by atoms with Crippen LogP contribution < -0.4 is 4.74 Å². The fourth-order valence-corrected chi connectivity index (χ4v) is 2.32. The fourth-order valence-electron chi connectivity index (χ4n) is 1.94. The summed E-state index contributed by atoms with van der Waals surface area (Å²) in [5, 5.41) is 0. The van der Waals surface area contributed by atoms with E-state index in [1.807, 2.05) is 55.5 Å². The minimum Gasteiger partial charge on any atom is -0.484 e. The van der Waals surface area contributed by atoms with E-state index in [4.69, 9.17) is 4.74 Å². The van der Waals surface area contributed by atoms with E-state index in [2.05, 4.69) is 15.9 Å². The Morgan fingerprint density at radius 1 is 1.19 bits per heavy atom. The first kappa shape index (κ1) is 15.6. The van der Waals surface area contributed by atoms with E-state index in [1.165, 1.54) is 5.56 Å². The SMILES string of the molecule is Cc1ccccc1CN(C)C(=O)COc1cccc(Br)c1. The highest BCUT2D eigenvalue weighted by Crippen LogP contribution is 2.17. The van der Waals surface area contributed by atoms with E-state index in [-0.39, 0.29) is 12.5 Å². The van der Waals surface area contributed by atoms with Crippen molar-refractivity contribution in [3.8, 4) is 5.75 Å². The molecule has 2 rings (SSSR count). The molecule has 0 heterocycles. The second-order valence-electron chi connectivity index (χ2n) is 4.92. The monoisotopic (exact) mass is 347 g/mol. The standard InChI is InChI=1S/C17H18BrNO2/c1-13-6-3-4-7-14(13)11-19(2)17(20)12-21-16-9-5-8-15(18)10-16/h3-10H,11-12H2,1-2H3. The molecule has 110 valence electrons. The van der Waals surface area contributed by atoms with Crippen LogP contribution in [0.4, 0.5) is 0 Å². The minimum atomic E-state index is -0.0433. The molecule has 0 aliphatic heterocycles. The lowest BCUT2D eigenvalue weighted by atomic mass is 10.1. The summed E-state index contributed by atoms with van der Waals surface area (Å²) in [6.45, 7) is 2.68. The highest BCUT2D eigenvalue weighted by atomic mass is 79.9. The molecule has 0 atom stereocenters. The maximum atomic E-state index is 12.1. The molecule has 0 spiro atoms. The third-order valence-corrected chi connectivity index (χ3v) is 3.75. The Kier molecular flexibility index (Phi) is 5.39. The fraction of sp³-hybridized carbons (Fsp3) is 0.235. The van der Waals surface area contributed by atoms with Crippen LogP contribution in [-0.4, -0.2) is 24.5 Å². The Morgan fingerprint density at radius 3 is 2.67 bits per heavy atom. The molecule has 2 aromatic carbocycles. The number of amides is 1. The average Bonchev–Trinajstić information content (AvgIpc) is 2.47. The summed E-state index contributed by atoms with van der Waals surface area (Å²) in [5.41, 5.74) is 2.33. The first-order chi connectivity index (χ1) is 10.1. The van der Waals surface area contributed by atoms with E-state index < -0.39 is 0 Å². The first-order valence-corrected chi connectivity index (χ1v) is 7.52. The van der Waals surface area contributed by atoms with Crippen molar-refractivity contribution < 1.29 is 9.53 Å². The number of carbonyl (C=O) groups is 1. The summed E-state index contributed by atoms with van der Waals surface area (Å²) in [6, 6.07) is 15.5. The molecular weight excluding hydrogens is 330 g/mol. The molecule has 0 unspecified atom stereocenters. The molecule has 2 aromatic rings. The Balaban J connectivity index is 1.90. The molecule has 21 heavy (non-hydrogen) atoms. The summed E-state index contributed by atoms with van der Waals surface area (Å²) in [4.78, 5) is 13.8. The van der Waals surface area contributed by atoms with Gasteiger partial charge >= 0.3 is 0 Å². The second-order valence-corrected chi connectivity index (χ2v) is 5.84. The van der Waals surface area contributed by atoms with Gasteiger partial charge in [0.2, 0.25) is 0 Å². The van der Waals surface area contributed by atoms with Gasteiger partial charge in [0.15, 0.2) is 6.61 Å². The number of halogens is 1. The Bertz CT molecular complexity index is 628. The lowest BCUT2D eigenvalue weighted by Crippen LogP contribution is -2.31. The third kappa shape index (κ3) is 4.60. The van der Waals surface area contributed by atoms with Crippen molar-refractivity contribution in [1.82, 2.24) is 4.90 Å². The molecule has 0 N–H and O–H groups in total. The summed E-state index contributed by atoms with van der Waals surface area (Å²) in [5.74, 6) is 0.639. The van der Waals surface area contributed by atoms with Crippen LogP contribution in [0.5, 0.6) is 5.75 Å². The zero-order chi connectivity index (χ0) is 15.2. The van der Waals surface area contributed by atoms with Crippen molar-refractivity contribution in [3.63, 3.8) is 0 Å². The predicted molar refractivity (Wildman–Crippen MR) is 87.3 cm³/mol. The van der Waals surface area contributed by atoms with Crippen molar-refractivity contribution in [2.75, 3.05) is 13.7 Å².